The molecule has 2 amide bonds. The summed E-state index contributed by atoms with van der Waals surface area (Å²) in [4.78, 5) is 28.8. The summed E-state index contributed by atoms with van der Waals surface area (Å²) in [6.07, 6.45) is 0.869. The van der Waals surface area contributed by atoms with Crippen molar-refractivity contribution in [2.45, 2.75) is 58.0 Å². The van der Waals surface area contributed by atoms with Crippen LogP contribution in [0.25, 0.3) is 0 Å². The Morgan fingerprint density at radius 1 is 0.900 bits per heavy atom. The monoisotopic (exact) mass is 567 g/mol. The van der Waals surface area contributed by atoms with Crippen molar-refractivity contribution in [1.29, 1.82) is 0 Å². The van der Waals surface area contributed by atoms with E-state index in [4.69, 9.17) is 0 Å². The zero-order valence-corrected chi connectivity index (χ0v) is 24.3. The highest BCUT2D eigenvalue weighted by Crippen LogP contribution is 2.28. The van der Waals surface area contributed by atoms with Gasteiger partial charge >= 0.3 is 0 Å². The molecule has 0 aliphatic rings. The number of carbonyl (C=O) groups is 2. The lowest BCUT2D eigenvalue weighted by Gasteiger charge is -2.33. The fraction of sp³-hybridized carbons (Fsp3) is 0.355. The highest BCUT2D eigenvalue weighted by molar-refractivity contribution is 7.92. The molecule has 0 aliphatic heterocycles. The van der Waals surface area contributed by atoms with Crippen LogP contribution in [0.4, 0.5) is 10.1 Å². The summed E-state index contributed by atoms with van der Waals surface area (Å²) in [6.45, 7) is 7.60. The van der Waals surface area contributed by atoms with E-state index in [1.54, 1.807) is 49.4 Å². The van der Waals surface area contributed by atoms with E-state index < -0.39 is 34.3 Å². The fourth-order valence-electron chi connectivity index (χ4n) is 4.41. The molecule has 1 N–H and O–H groups in total. The molecule has 1 atom stereocenters. The Labute approximate surface area is 237 Å². The summed E-state index contributed by atoms with van der Waals surface area (Å²) in [5, 5.41) is 2.90. The molecule has 9 heteroatoms. The minimum absolute atomic E-state index is 0.0152. The van der Waals surface area contributed by atoms with Gasteiger partial charge < -0.3 is 10.2 Å². The van der Waals surface area contributed by atoms with Gasteiger partial charge in [0, 0.05) is 13.1 Å². The lowest BCUT2D eigenvalue weighted by molar-refractivity contribution is -0.140. The molecule has 0 aliphatic carbocycles. The van der Waals surface area contributed by atoms with Gasteiger partial charge in [-0.15, -0.1) is 0 Å². The number of amides is 2. The summed E-state index contributed by atoms with van der Waals surface area (Å²) < 4.78 is 42.6. The molecule has 7 nitrogen and oxygen atoms in total. The van der Waals surface area contributed by atoms with Crippen molar-refractivity contribution in [2.75, 3.05) is 17.4 Å². The molecule has 0 saturated heterocycles. The summed E-state index contributed by atoms with van der Waals surface area (Å²) >= 11 is 0. The number of rotatable bonds is 13. The van der Waals surface area contributed by atoms with Crippen LogP contribution in [0.1, 0.15) is 45.2 Å². The van der Waals surface area contributed by atoms with E-state index in [-0.39, 0.29) is 23.3 Å². The van der Waals surface area contributed by atoms with Gasteiger partial charge in [0.15, 0.2) is 0 Å². The second-order valence-corrected chi connectivity index (χ2v) is 11.9. The van der Waals surface area contributed by atoms with Crippen molar-refractivity contribution in [2.24, 2.45) is 5.92 Å². The number of anilines is 1. The summed E-state index contributed by atoms with van der Waals surface area (Å²) in [6, 6.07) is 19.9. The van der Waals surface area contributed by atoms with Crippen LogP contribution in [-0.2, 0) is 32.6 Å². The zero-order valence-electron chi connectivity index (χ0n) is 23.5. The second kappa shape index (κ2) is 14.1. The summed E-state index contributed by atoms with van der Waals surface area (Å²) in [7, 11) is -4.13. The van der Waals surface area contributed by atoms with Crippen LogP contribution in [0, 0.1) is 11.7 Å². The van der Waals surface area contributed by atoms with Gasteiger partial charge in [0.1, 0.15) is 18.4 Å². The third-order valence-corrected chi connectivity index (χ3v) is 8.36. The number of carbonyl (C=O) groups excluding carboxylic acids is 2. The van der Waals surface area contributed by atoms with Crippen molar-refractivity contribution < 1.29 is 22.4 Å². The quantitative estimate of drug-likeness (QED) is 0.309. The van der Waals surface area contributed by atoms with Crippen molar-refractivity contribution >= 4 is 27.5 Å². The molecule has 0 aromatic heterocycles. The van der Waals surface area contributed by atoms with Gasteiger partial charge in [-0.2, -0.15) is 0 Å². The van der Waals surface area contributed by atoms with Crippen LogP contribution < -0.4 is 9.62 Å². The molecule has 3 aromatic rings. The van der Waals surface area contributed by atoms with Gasteiger partial charge in [-0.25, -0.2) is 12.8 Å². The molecule has 0 fully saturated rings. The van der Waals surface area contributed by atoms with E-state index >= 15 is 0 Å². The predicted molar refractivity (Wildman–Crippen MR) is 156 cm³/mol. The van der Waals surface area contributed by atoms with Gasteiger partial charge in [-0.1, -0.05) is 76.2 Å². The Morgan fingerprint density at radius 2 is 1.52 bits per heavy atom. The Kier molecular flexibility index (Phi) is 10.8. The smallest absolute Gasteiger partial charge is 0.264 e. The van der Waals surface area contributed by atoms with Crippen molar-refractivity contribution in [3.8, 4) is 0 Å². The first-order valence-electron chi connectivity index (χ1n) is 13.6. The van der Waals surface area contributed by atoms with Crippen LogP contribution in [0.2, 0.25) is 0 Å². The number of sulfonamides is 1. The Morgan fingerprint density at radius 3 is 2.12 bits per heavy atom. The standard InChI is InChI=1S/C31H38FN3O4S/c1-5-25-12-10-11-15-29(25)35(40(38,39)27-13-8-7-9-14-27)22-30(36)34(21-24-16-18-26(32)19-17-24)28(6-2)31(37)33-20-23(3)4/h7-19,23,28H,5-6,20-22H2,1-4H3,(H,33,37)/t28-/m1/s1. The van der Waals surface area contributed by atoms with Crippen LogP contribution >= 0.6 is 0 Å². The van der Waals surface area contributed by atoms with Gasteiger partial charge in [-0.3, -0.25) is 13.9 Å². The van der Waals surface area contributed by atoms with Crippen LogP contribution in [0.5, 0.6) is 0 Å². The number of para-hydroxylation sites is 1. The van der Waals surface area contributed by atoms with Gasteiger partial charge in [0.05, 0.1) is 10.6 Å². The van der Waals surface area contributed by atoms with Gasteiger partial charge in [0.2, 0.25) is 11.8 Å². The number of hydrogen-bond donors (Lipinski definition) is 1. The molecule has 0 spiro atoms. The average Bonchev–Trinajstić information content (AvgIpc) is 2.95. The minimum Gasteiger partial charge on any atom is -0.354 e. The summed E-state index contributed by atoms with van der Waals surface area (Å²) in [5.41, 5.74) is 1.79. The predicted octanol–water partition coefficient (Wildman–Crippen LogP) is 5.16. The minimum atomic E-state index is -4.13. The molecular formula is C31H38FN3O4S. The molecule has 40 heavy (non-hydrogen) atoms. The number of nitrogens with zero attached hydrogens (tertiary/aromatic N) is 2. The van der Waals surface area contributed by atoms with Crippen molar-refractivity contribution in [1.82, 2.24) is 10.2 Å². The lowest BCUT2D eigenvalue weighted by Crippen LogP contribution is -2.52. The molecule has 0 radical (unpaired) electrons. The van der Waals surface area contributed by atoms with Crippen LogP contribution in [0.15, 0.2) is 83.8 Å². The van der Waals surface area contributed by atoms with Crippen molar-refractivity contribution in [3.63, 3.8) is 0 Å². The maximum absolute atomic E-state index is 14.1. The van der Waals surface area contributed by atoms with Crippen LogP contribution in [0.3, 0.4) is 0 Å². The SMILES string of the molecule is CCc1ccccc1N(CC(=O)N(Cc1ccc(F)cc1)[C@H](CC)C(=O)NCC(C)C)S(=O)(=O)c1ccccc1. The lowest BCUT2D eigenvalue weighted by atomic mass is 10.1. The van der Waals surface area contributed by atoms with E-state index in [0.717, 1.165) is 9.87 Å². The highest BCUT2D eigenvalue weighted by Gasteiger charge is 2.34. The first kappa shape index (κ1) is 30.8. The topological polar surface area (TPSA) is 86.8 Å². The first-order valence-corrected chi connectivity index (χ1v) is 15.0. The third-order valence-electron chi connectivity index (χ3n) is 6.59. The largest absolute Gasteiger partial charge is 0.354 e. The van der Waals surface area contributed by atoms with Crippen LogP contribution in [-0.4, -0.2) is 44.3 Å². The Hall–Kier alpha value is -3.72. The Balaban J connectivity index is 2.06. The average molecular weight is 568 g/mol. The molecule has 3 rings (SSSR count). The zero-order chi connectivity index (χ0) is 29.3. The van der Waals surface area contributed by atoms with E-state index in [0.29, 0.717) is 30.6 Å². The van der Waals surface area contributed by atoms with Gasteiger partial charge in [-0.05, 0) is 60.2 Å². The Bertz CT molecular complexity index is 1380. The van der Waals surface area contributed by atoms with Gasteiger partial charge in [0.25, 0.3) is 10.0 Å². The number of hydrogen-bond acceptors (Lipinski definition) is 4. The van der Waals surface area contributed by atoms with E-state index in [1.165, 1.54) is 29.2 Å². The van der Waals surface area contributed by atoms with E-state index in [1.807, 2.05) is 32.9 Å². The first-order chi connectivity index (χ1) is 19.1. The van der Waals surface area contributed by atoms with E-state index in [9.17, 15) is 22.4 Å². The fourth-order valence-corrected chi connectivity index (χ4v) is 5.89. The molecule has 214 valence electrons. The third kappa shape index (κ3) is 7.69. The number of nitrogens with one attached hydrogen (secondary N) is 1. The molecular weight excluding hydrogens is 529 g/mol. The maximum atomic E-state index is 14.1. The number of aryl methyl sites for hydroxylation is 1. The molecule has 0 saturated carbocycles. The molecule has 0 unspecified atom stereocenters. The number of benzene rings is 3. The summed E-state index contributed by atoms with van der Waals surface area (Å²) in [5.74, 6) is -1.07. The number of halogens is 1. The molecule has 0 heterocycles. The normalized spacial score (nSPS) is 12.2. The van der Waals surface area contributed by atoms with E-state index in [2.05, 4.69) is 5.32 Å². The maximum Gasteiger partial charge on any atom is 0.264 e. The molecule has 0 bridgehead atoms. The van der Waals surface area contributed by atoms with Crippen molar-refractivity contribution in [3.05, 3.63) is 95.8 Å². The second-order valence-electron chi connectivity index (χ2n) is 10.0. The molecule has 3 aromatic carbocycles. The highest BCUT2D eigenvalue weighted by atomic mass is 32.2.